The Morgan fingerprint density at radius 2 is 1.71 bits per heavy atom. The maximum absolute atomic E-state index is 6.01. The lowest BCUT2D eigenvalue weighted by Crippen LogP contribution is -2.36. The van der Waals surface area contributed by atoms with E-state index in [9.17, 15) is 0 Å². The summed E-state index contributed by atoms with van der Waals surface area (Å²) in [5.41, 5.74) is 1.39. The molecule has 2 heteroatoms. The lowest BCUT2D eigenvalue weighted by atomic mass is 9.83. The molecule has 1 atom stereocenters. The molecule has 0 radical (unpaired) electrons. The Labute approximate surface area is 135 Å². The van der Waals surface area contributed by atoms with Crippen LogP contribution in [-0.4, -0.2) is 6.04 Å². The predicted octanol–water partition coefficient (Wildman–Crippen LogP) is 6.13. The van der Waals surface area contributed by atoms with Crippen molar-refractivity contribution in [3.8, 4) is 0 Å². The highest BCUT2D eigenvalue weighted by molar-refractivity contribution is 6.30. The van der Waals surface area contributed by atoms with E-state index in [1.807, 2.05) is 12.1 Å². The van der Waals surface area contributed by atoms with Crippen LogP contribution in [0.15, 0.2) is 24.3 Å². The highest BCUT2D eigenvalue weighted by atomic mass is 35.5. The van der Waals surface area contributed by atoms with E-state index in [1.165, 1.54) is 56.9 Å². The second kappa shape index (κ2) is 8.80. The monoisotopic (exact) mass is 307 g/mol. The Bertz CT molecular complexity index is 393. The summed E-state index contributed by atoms with van der Waals surface area (Å²) < 4.78 is 0. The second-order valence-corrected chi connectivity index (χ2v) is 7.00. The molecule has 0 aliphatic heterocycles. The van der Waals surface area contributed by atoms with Gasteiger partial charge in [-0.25, -0.2) is 0 Å². The predicted molar refractivity (Wildman–Crippen MR) is 92.9 cm³/mol. The first-order valence-electron chi connectivity index (χ1n) is 8.74. The molecule has 1 fully saturated rings. The van der Waals surface area contributed by atoms with Gasteiger partial charge >= 0.3 is 0 Å². The van der Waals surface area contributed by atoms with Crippen molar-refractivity contribution in [1.82, 2.24) is 5.32 Å². The van der Waals surface area contributed by atoms with Crippen molar-refractivity contribution in [2.45, 2.75) is 77.3 Å². The van der Waals surface area contributed by atoms with Crippen molar-refractivity contribution in [2.75, 3.05) is 0 Å². The molecule has 1 unspecified atom stereocenters. The fourth-order valence-electron chi connectivity index (χ4n) is 3.64. The Morgan fingerprint density at radius 3 is 2.29 bits per heavy atom. The lowest BCUT2D eigenvalue weighted by molar-refractivity contribution is 0.259. The van der Waals surface area contributed by atoms with Gasteiger partial charge in [0.2, 0.25) is 0 Å². The average Bonchev–Trinajstić information content (AvgIpc) is 2.50. The number of hydrogen-bond acceptors (Lipinski definition) is 1. The van der Waals surface area contributed by atoms with Gasteiger partial charge in [-0.2, -0.15) is 0 Å². The van der Waals surface area contributed by atoms with Crippen molar-refractivity contribution in [2.24, 2.45) is 5.92 Å². The van der Waals surface area contributed by atoms with Gasteiger partial charge in [-0.1, -0.05) is 56.8 Å². The molecule has 0 bridgehead atoms. The molecule has 118 valence electrons. The Hall–Kier alpha value is -0.530. The van der Waals surface area contributed by atoms with Gasteiger partial charge in [0.1, 0.15) is 0 Å². The number of benzene rings is 1. The first kappa shape index (κ1) is 16.8. The summed E-state index contributed by atoms with van der Waals surface area (Å²) in [7, 11) is 0. The molecule has 1 aliphatic rings. The van der Waals surface area contributed by atoms with Gasteiger partial charge in [0.15, 0.2) is 0 Å². The minimum absolute atomic E-state index is 0.486. The third kappa shape index (κ3) is 5.30. The van der Waals surface area contributed by atoms with E-state index in [0.29, 0.717) is 12.1 Å². The molecule has 0 spiro atoms. The first-order chi connectivity index (χ1) is 10.2. The average molecular weight is 308 g/mol. The first-order valence-corrected chi connectivity index (χ1v) is 9.12. The Balaban J connectivity index is 1.90. The zero-order valence-corrected chi connectivity index (χ0v) is 14.3. The van der Waals surface area contributed by atoms with E-state index in [4.69, 9.17) is 11.6 Å². The molecule has 0 aromatic heterocycles. The van der Waals surface area contributed by atoms with Gasteiger partial charge in [0.25, 0.3) is 0 Å². The molecule has 0 amide bonds. The molecular weight excluding hydrogens is 278 g/mol. The third-order valence-electron chi connectivity index (χ3n) is 4.83. The van der Waals surface area contributed by atoms with Gasteiger partial charge in [-0.15, -0.1) is 0 Å². The summed E-state index contributed by atoms with van der Waals surface area (Å²) in [5.74, 6) is 0.980. The fourth-order valence-corrected chi connectivity index (χ4v) is 3.77. The Kier molecular flexibility index (Phi) is 7.06. The van der Waals surface area contributed by atoms with Gasteiger partial charge in [-0.3, -0.25) is 0 Å². The number of nitrogens with one attached hydrogen (secondary N) is 1. The standard InChI is InChI=1S/C19H30ClN/c1-3-5-15-7-13-18(14-8-15)21-19(6-4-2)16-9-11-17(20)12-10-16/h9-12,15,18-19,21H,3-8,13-14H2,1-2H3. The van der Waals surface area contributed by atoms with Crippen LogP contribution >= 0.6 is 11.6 Å². The number of halogens is 1. The minimum Gasteiger partial charge on any atom is -0.307 e. The second-order valence-electron chi connectivity index (χ2n) is 6.57. The van der Waals surface area contributed by atoms with Crippen molar-refractivity contribution >= 4 is 11.6 Å². The zero-order chi connectivity index (χ0) is 15.1. The van der Waals surface area contributed by atoms with Gasteiger partial charge in [0, 0.05) is 17.1 Å². The smallest absolute Gasteiger partial charge is 0.0406 e. The molecule has 1 saturated carbocycles. The molecule has 21 heavy (non-hydrogen) atoms. The van der Waals surface area contributed by atoms with Gasteiger partial charge < -0.3 is 5.32 Å². The van der Waals surface area contributed by atoms with Crippen LogP contribution in [0, 0.1) is 5.92 Å². The summed E-state index contributed by atoms with van der Waals surface area (Å²) in [6.45, 7) is 4.57. The van der Waals surface area contributed by atoms with Crippen molar-refractivity contribution < 1.29 is 0 Å². The van der Waals surface area contributed by atoms with Gasteiger partial charge in [0.05, 0.1) is 0 Å². The van der Waals surface area contributed by atoms with Crippen LogP contribution in [0.4, 0.5) is 0 Å². The molecule has 1 aromatic carbocycles. The molecule has 1 aromatic rings. The van der Waals surface area contributed by atoms with E-state index in [-0.39, 0.29) is 0 Å². The molecule has 1 nitrogen and oxygen atoms in total. The quantitative estimate of drug-likeness (QED) is 0.639. The zero-order valence-electron chi connectivity index (χ0n) is 13.6. The highest BCUT2D eigenvalue weighted by Crippen LogP contribution is 2.30. The van der Waals surface area contributed by atoms with Crippen LogP contribution < -0.4 is 5.32 Å². The largest absolute Gasteiger partial charge is 0.307 e. The summed E-state index contributed by atoms with van der Waals surface area (Å²) in [5, 5.41) is 4.74. The van der Waals surface area contributed by atoms with E-state index >= 15 is 0 Å². The van der Waals surface area contributed by atoms with Crippen molar-refractivity contribution in [1.29, 1.82) is 0 Å². The summed E-state index contributed by atoms with van der Waals surface area (Å²) in [6.07, 6.45) is 10.7. The fraction of sp³-hybridized carbons (Fsp3) is 0.684. The number of hydrogen-bond donors (Lipinski definition) is 1. The van der Waals surface area contributed by atoms with Crippen LogP contribution in [-0.2, 0) is 0 Å². The summed E-state index contributed by atoms with van der Waals surface area (Å²) in [6, 6.07) is 9.57. The van der Waals surface area contributed by atoms with Crippen LogP contribution in [0.5, 0.6) is 0 Å². The maximum Gasteiger partial charge on any atom is 0.0406 e. The molecule has 0 heterocycles. The topological polar surface area (TPSA) is 12.0 Å². The molecule has 1 aliphatic carbocycles. The summed E-state index contributed by atoms with van der Waals surface area (Å²) >= 11 is 6.01. The lowest BCUT2D eigenvalue weighted by Gasteiger charge is -2.32. The molecule has 2 rings (SSSR count). The van der Waals surface area contributed by atoms with Gasteiger partial charge in [-0.05, 0) is 55.7 Å². The highest BCUT2D eigenvalue weighted by Gasteiger charge is 2.23. The molecule has 1 N–H and O–H groups in total. The van der Waals surface area contributed by atoms with Crippen LogP contribution in [0.3, 0.4) is 0 Å². The molecule has 0 saturated heterocycles. The van der Waals surface area contributed by atoms with Crippen molar-refractivity contribution in [3.63, 3.8) is 0 Å². The van der Waals surface area contributed by atoms with Crippen LogP contribution in [0.25, 0.3) is 0 Å². The van der Waals surface area contributed by atoms with E-state index < -0.39 is 0 Å². The van der Waals surface area contributed by atoms with Crippen LogP contribution in [0.1, 0.15) is 76.8 Å². The molecular formula is C19H30ClN. The van der Waals surface area contributed by atoms with E-state index in [1.54, 1.807) is 0 Å². The Morgan fingerprint density at radius 1 is 1.05 bits per heavy atom. The SMILES string of the molecule is CCCC1CCC(NC(CCC)c2ccc(Cl)cc2)CC1. The summed E-state index contributed by atoms with van der Waals surface area (Å²) in [4.78, 5) is 0. The van der Waals surface area contributed by atoms with Crippen molar-refractivity contribution in [3.05, 3.63) is 34.9 Å². The minimum atomic E-state index is 0.486. The normalized spacial score (nSPS) is 24.0. The van der Waals surface area contributed by atoms with E-state index in [2.05, 4.69) is 31.3 Å². The van der Waals surface area contributed by atoms with Crippen LogP contribution in [0.2, 0.25) is 5.02 Å². The maximum atomic E-state index is 6.01. The van der Waals surface area contributed by atoms with E-state index in [0.717, 1.165) is 10.9 Å². The third-order valence-corrected chi connectivity index (χ3v) is 5.08. The number of rotatable bonds is 7.